The molecule has 0 aliphatic rings. The quantitative estimate of drug-likeness (QED) is 0.0545. The first-order valence-electron chi connectivity index (χ1n) is 18.0. The van der Waals surface area contributed by atoms with Gasteiger partial charge < -0.3 is 10.2 Å². The monoisotopic (exact) mass is 690 g/mol. The molecule has 0 aromatic carbocycles. The van der Waals surface area contributed by atoms with Gasteiger partial charge in [0, 0.05) is 12.8 Å². The van der Waals surface area contributed by atoms with Gasteiger partial charge in [-0.15, -0.1) is 0 Å². The summed E-state index contributed by atoms with van der Waals surface area (Å²) in [6.07, 6.45) is 40.4. The molecule has 0 spiro atoms. The Balaban J connectivity index is -0.000000688. The molecule has 0 saturated heterocycles. The van der Waals surface area contributed by atoms with Crippen LogP contribution in [0.25, 0.3) is 0 Å². The van der Waals surface area contributed by atoms with Crippen LogP contribution in [0.3, 0.4) is 0 Å². The van der Waals surface area contributed by atoms with Crippen molar-refractivity contribution in [2.45, 2.75) is 219 Å². The Hall–Kier alpha value is -0.261. The van der Waals surface area contributed by atoms with Crippen LogP contribution in [0, 0.1) is 0 Å². The van der Waals surface area contributed by atoms with Crippen molar-refractivity contribution >= 4 is 35.8 Å². The second kappa shape index (κ2) is 41.9. The Bertz CT molecular complexity index is 454. The van der Waals surface area contributed by atoms with Crippen molar-refractivity contribution in [2.24, 2.45) is 0 Å². The van der Waals surface area contributed by atoms with Crippen LogP contribution in [0.4, 0.5) is 0 Å². The first-order valence-corrected chi connectivity index (χ1v) is 18.0. The van der Waals surface area contributed by atoms with Crippen molar-refractivity contribution in [3.63, 3.8) is 0 Å². The zero-order chi connectivity index (χ0) is 29.8. The predicted molar refractivity (Wildman–Crippen MR) is 183 cm³/mol. The van der Waals surface area contributed by atoms with E-state index in [9.17, 15) is 9.59 Å². The van der Waals surface area contributed by atoms with E-state index in [-0.39, 0.29) is 23.9 Å². The first kappa shape index (κ1) is 45.2. The third kappa shape index (κ3) is 49.7. The summed E-state index contributed by atoms with van der Waals surface area (Å²) >= 11 is 0. The molecule has 0 heterocycles. The van der Waals surface area contributed by atoms with E-state index in [4.69, 9.17) is 10.2 Å². The maximum atomic E-state index is 10.3. The van der Waals surface area contributed by atoms with Crippen molar-refractivity contribution in [1.29, 1.82) is 0 Å². The van der Waals surface area contributed by atoms with E-state index in [2.05, 4.69) is 13.8 Å². The molecule has 0 saturated carbocycles. The number of carbonyl (C=O) groups is 2. The zero-order valence-electron chi connectivity index (χ0n) is 28.0. The summed E-state index contributed by atoms with van der Waals surface area (Å²) in [6, 6.07) is 0. The summed E-state index contributed by atoms with van der Waals surface area (Å²) in [5.74, 6) is -1.31. The van der Waals surface area contributed by atoms with Gasteiger partial charge in [-0.2, -0.15) is 0 Å². The molecule has 0 atom stereocenters. The Labute approximate surface area is 274 Å². The minimum atomic E-state index is -0.653. The van der Waals surface area contributed by atoms with Crippen molar-refractivity contribution in [1.82, 2.24) is 0 Å². The van der Waals surface area contributed by atoms with E-state index < -0.39 is 11.9 Å². The van der Waals surface area contributed by atoms with E-state index in [0.717, 1.165) is 25.7 Å². The number of rotatable bonds is 32. The van der Waals surface area contributed by atoms with Crippen molar-refractivity contribution in [3.8, 4) is 0 Å². The summed E-state index contributed by atoms with van der Waals surface area (Å²) in [5, 5.41) is 17.0. The van der Waals surface area contributed by atoms with Gasteiger partial charge in [-0.1, -0.05) is 194 Å². The first-order chi connectivity index (χ1) is 19.5. The molecule has 0 fully saturated rings. The maximum absolute atomic E-state index is 10.3. The average molecular weight is 690 g/mol. The van der Waals surface area contributed by atoms with Crippen LogP contribution >= 0.6 is 0 Å². The molecule has 0 bridgehead atoms. The van der Waals surface area contributed by atoms with Crippen LogP contribution in [0.5, 0.6) is 0 Å². The van der Waals surface area contributed by atoms with Gasteiger partial charge in [0.15, 0.2) is 0 Å². The molecule has 0 aromatic rings. The molecule has 5 heteroatoms. The summed E-state index contributed by atoms with van der Waals surface area (Å²) < 4.78 is 0. The van der Waals surface area contributed by atoms with Gasteiger partial charge in [0.05, 0.1) is 0 Å². The molecule has 0 rings (SSSR count). The van der Waals surface area contributed by atoms with E-state index in [0.29, 0.717) is 12.8 Å². The van der Waals surface area contributed by atoms with E-state index >= 15 is 0 Å². The van der Waals surface area contributed by atoms with E-state index in [1.165, 1.54) is 167 Å². The van der Waals surface area contributed by atoms with E-state index in [1.807, 2.05) is 0 Å². The summed E-state index contributed by atoms with van der Waals surface area (Å²) in [6.45, 7) is 4.54. The molecule has 0 aromatic heterocycles. The fraction of sp³-hybridized carbons (Fsp3) is 0.944. The standard InChI is InChI=1S/2C18H36O2.Sn.2H/c2*1-2-3-4-5-6-7-8-9-10-11-12-13-14-15-16-17-18(19)20;;;/h2*2-17H2,1H3,(H,19,20);;;. The van der Waals surface area contributed by atoms with Gasteiger partial charge in [0.2, 0.25) is 0 Å². The Kier molecular flexibility index (Phi) is 46.1. The SMILES string of the molecule is CCCCCCCCCCCCCCCCCC(=O)O.CCCCCCCCCCCCCCCCCC(=O)O.[SnH2]. The third-order valence-electron chi connectivity index (χ3n) is 7.99. The van der Waals surface area contributed by atoms with Crippen molar-refractivity contribution < 1.29 is 19.8 Å². The van der Waals surface area contributed by atoms with Crippen LogP contribution in [-0.2, 0) is 9.59 Å². The number of hydrogen-bond donors (Lipinski definition) is 2. The van der Waals surface area contributed by atoms with Crippen LogP contribution in [0.2, 0.25) is 0 Å². The van der Waals surface area contributed by atoms with Gasteiger partial charge in [-0.25, -0.2) is 0 Å². The normalized spacial score (nSPS) is 10.6. The summed E-state index contributed by atoms with van der Waals surface area (Å²) in [5.41, 5.74) is 0. The molecular weight excluding hydrogens is 615 g/mol. The minimum absolute atomic E-state index is 0. The van der Waals surface area contributed by atoms with E-state index in [1.54, 1.807) is 0 Å². The van der Waals surface area contributed by atoms with Gasteiger partial charge in [0.25, 0.3) is 0 Å². The number of unbranched alkanes of at least 4 members (excludes halogenated alkanes) is 28. The summed E-state index contributed by atoms with van der Waals surface area (Å²) in [4.78, 5) is 20.7. The Morgan fingerprint density at radius 1 is 0.317 bits per heavy atom. The number of carboxylic acid groups (broad SMARTS) is 2. The molecule has 246 valence electrons. The molecule has 2 radical (unpaired) electrons. The van der Waals surface area contributed by atoms with Crippen LogP contribution < -0.4 is 0 Å². The van der Waals surface area contributed by atoms with Crippen LogP contribution in [-0.4, -0.2) is 46.1 Å². The zero-order valence-corrected chi connectivity index (χ0v) is 32.1. The van der Waals surface area contributed by atoms with Crippen molar-refractivity contribution in [3.05, 3.63) is 0 Å². The number of carboxylic acids is 2. The molecule has 41 heavy (non-hydrogen) atoms. The fourth-order valence-corrected chi connectivity index (χ4v) is 5.30. The fourth-order valence-electron chi connectivity index (χ4n) is 5.30. The Morgan fingerprint density at radius 3 is 0.610 bits per heavy atom. The van der Waals surface area contributed by atoms with Crippen LogP contribution in [0.1, 0.15) is 219 Å². The number of aliphatic carboxylic acids is 2. The Morgan fingerprint density at radius 2 is 0.463 bits per heavy atom. The second-order valence-electron chi connectivity index (χ2n) is 12.2. The third-order valence-corrected chi connectivity index (χ3v) is 7.99. The second-order valence-corrected chi connectivity index (χ2v) is 12.2. The topological polar surface area (TPSA) is 74.6 Å². The van der Waals surface area contributed by atoms with Crippen LogP contribution in [0.15, 0.2) is 0 Å². The molecule has 4 nitrogen and oxygen atoms in total. The predicted octanol–water partition coefficient (Wildman–Crippen LogP) is 11.7. The average Bonchev–Trinajstić information content (AvgIpc) is 2.93. The van der Waals surface area contributed by atoms with Gasteiger partial charge >= 0.3 is 35.8 Å². The van der Waals surface area contributed by atoms with Gasteiger partial charge in [-0.05, 0) is 12.8 Å². The molecule has 0 aliphatic carbocycles. The molecule has 0 aliphatic heterocycles. The molecule has 0 amide bonds. The molecule has 0 unspecified atom stereocenters. The van der Waals surface area contributed by atoms with Gasteiger partial charge in [-0.3, -0.25) is 9.59 Å². The van der Waals surface area contributed by atoms with Crippen molar-refractivity contribution in [2.75, 3.05) is 0 Å². The summed E-state index contributed by atoms with van der Waals surface area (Å²) in [7, 11) is 0. The molecule has 2 N–H and O–H groups in total. The molecular formula is C36H74O4Sn. The number of hydrogen-bond acceptors (Lipinski definition) is 2. The van der Waals surface area contributed by atoms with Gasteiger partial charge in [0.1, 0.15) is 0 Å².